The molecule has 2 aromatic rings. The minimum Gasteiger partial charge on any atom is -0.473 e. The van der Waals surface area contributed by atoms with E-state index in [1.807, 2.05) is 12.1 Å². The van der Waals surface area contributed by atoms with E-state index in [0.717, 1.165) is 36.8 Å². The lowest BCUT2D eigenvalue weighted by atomic mass is 9.89. The summed E-state index contributed by atoms with van der Waals surface area (Å²) in [4.78, 5) is 23.8. The number of likely N-dealkylation sites (tertiary alicyclic amines) is 1. The minimum absolute atomic E-state index is 0.545. The predicted octanol–water partition coefficient (Wildman–Crippen LogP) is 1.50. The van der Waals surface area contributed by atoms with E-state index in [-0.39, 0.29) is 0 Å². The third-order valence-corrected chi connectivity index (χ3v) is 4.96. The maximum absolute atomic E-state index is 11.4. The van der Waals surface area contributed by atoms with Gasteiger partial charge in [0.2, 0.25) is 10.0 Å². The SMILES string of the molecule is CN1CCC(c2c[nH]c3ccc(NS(C)(=O)=O)cc23)CC1.O=C(O)C(=O)O. The summed E-state index contributed by atoms with van der Waals surface area (Å²) in [5.41, 5.74) is 2.98. The van der Waals surface area contributed by atoms with Crippen LogP contribution in [0.4, 0.5) is 5.69 Å². The Kier molecular flexibility index (Phi) is 6.45. The molecule has 3 rings (SSSR count). The van der Waals surface area contributed by atoms with Crippen molar-refractivity contribution in [2.45, 2.75) is 18.8 Å². The van der Waals surface area contributed by atoms with Crippen LogP contribution in [0.3, 0.4) is 0 Å². The molecule has 1 aliphatic rings. The Morgan fingerprint density at radius 2 is 1.78 bits per heavy atom. The molecule has 10 heteroatoms. The summed E-state index contributed by atoms with van der Waals surface area (Å²) in [6, 6.07) is 5.65. The van der Waals surface area contributed by atoms with Crippen LogP contribution in [-0.4, -0.2) is 66.8 Å². The lowest BCUT2D eigenvalue weighted by Gasteiger charge is -2.28. The number of nitrogens with zero attached hydrogens (tertiary/aromatic N) is 1. The van der Waals surface area contributed by atoms with E-state index < -0.39 is 22.0 Å². The van der Waals surface area contributed by atoms with E-state index in [4.69, 9.17) is 19.8 Å². The molecule has 0 amide bonds. The summed E-state index contributed by atoms with van der Waals surface area (Å²) in [5.74, 6) is -3.10. The van der Waals surface area contributed by atoms with Crippen molar-refractivity contribution in [3.63, 3.8) is 0 Å². The Labute approximate surface area is 157 Å². The van der Waals surface area contributed by atoms with Crippen molar-refractivity contribution in [2.24, 2.45) is 0 Å². The lowest BCUT2D eigenvalue weighted by molar-refractivity contribution is -0.159. The molecule has 1 aliphatic heterocycles. The van der Waals surface area contributed by atoms with E-state index in [1.54, 1.807) is 6.07 Å². The molecule has 2 heterocycles. The van der Waals surface area contributed by atoms with Crippen LogP contribution in [-0.2, 0) is 19.6 Å². The number of sulfonamides is 1. The topological polar surface area (TPSA) is 140 Å². The zero-order chi connectivity index (χ0) is 20.2. The zero-order valence-corrected chi connectivity index (χ0v) is 15.9. The summed E-state index contributed by atoms with van der Waals surface area (Å²) in [7, 11) is -1.09. The number of carboxylic acid groups (broad SMARTS) is 2. The molecule has 0 radical (unpaired) electrons. The number of hydrogen-bond acceptors (Lipinski definition) is 5. The largest absolute Gasteiger partial charge is 0.473 e. The first kappa shape index (κ1) is 20.7. The number of aliphatic carboxylic acids is 2. The zero-order valence-electron chi connectivity index (χ0n) is 15.1. The quantitative estimate of drug-likeness (QED) is 0.575. The number of piperidine rings is 1. The van der Waals surface area contributed by atoms with Crippen LogP contribution >= 0.6 is 0 Å². The molecule has 148 valence electrons. The number of aromatic amines is 1. The van der Waals surface area contributed by atoms with Gasteiger partial charge in [-0.2, -0.15) is 0 Å². The van der Waals surface area contributed by atoms with Gasteiger partial charge in [0.15, 0.2) is 0 Å². The van der Waals surface area contributed by atoms with Crippen LogP contribution in [0.5, 0.6) is 0 Å². The standard InChI is InChI=1S/C15H21N3O2S.C2H2O4/c1-18-7-5-11(6-8-18)14-10-16-15-4-3-12(9-13(14)15)17-21(2,19)20;3-1(4)2(5)6/h3-4,9-11,16-17H,5-8H2,1-2H3;(H,3,4)(H,5,6). The van der Waals surface area contributed by atoms with Crippen molar-refractivity contribution in [3.8, 4) is 0 Å². The molecule has 1 aromatic heterocycles. The van der Waals surface area contributed by atoms with Gasteiger partial charge < -0.3 is 20.1 Å². The van der Waals surface area contributed by atoms with E-state index in [9.17, 15) is 8.42 Å². The molecule has 0 atom stereocenters. The Bertz CT molecular complexity index is 917. The molecular formula is C17H23N3O6S. The molecular weight excluding hydrogens is 374 g/mol. The highest BCUT2D eigenvalue weighted by molar-refractivity contribution is 7.92. The van der Waals surface area contributed by atoms with Gasteiger partial charge in [0.05, 0.1) is 6.26 Å². The highest BCUT2D eigenvalue weighted by Gasteiger charge is 2.21. The van der Waals surface area contributed by atoms with Gasteiger partial charge >= 0.3 is 11.9 Å². The van der Waals surface area contributed by atoms with Crippen molar-refractivity contribution < 1.29 is 28.2 Å². The third kappa shape index (κ3) is 5.97. The van der Waals surface area contributed by atoms with E-state index in [0.29, 0.717) is 11.6 Å². The van der Waals surface area contributed by atoms with Crippen molar-refractivity contribution in [3.05, 3.63) is 30.0 Å². The molecule has 4 N–H and O–H groups in total. The summed E-state index contributed by atoms with van der Waals surface area (Å²) in [6.07, 6.45) is 5.54. The number of rotatable bonds is 3. The molecule has 9 nitrogen and oxygen atoms in total. The summed E-state index contributed by atoms with van der Waals surface area (Å²) in [5, 5.41) is 15.9. The highest BCUT2D eigenvalue weighted by atomic mass is 32.2. The monoisotopic (exact) mass is 397 g/mol. The van der Waals surface area contributed by atoms with Gasteiger partial charge in [0.25, 0.3) is 0 Å². The third-order valence-electron chi connectivity index (χ3n) is 4.36. The number of hydrogen-bond donors (Lipinski definition) is 4. The number of H-pyrrole nitrogens is 1. The molecule has 27 heavy (non-hydrogen) atoms. The molecule has 1 fully saturated rings. The summed E-state index contributed by atoms with van der Waals surface area (Å²) in [6.45, 7) is 2.22. The molecule has 0 spiro atoms. The van der Waals surface area contributed by atoms with Crippen LogP contribution in [0, 0.1) is 0 Å². The molecule has 0 bridgehead atoms. The van der Waals surface area contributed by atoms with Gasteiger partial charge in [-0.1, -0.05) is 0 Å². The van der Waals surface area contributed by atoms with Gasteiger partial charge in [-0.3, -0.25) is 4.72 Å². The Balaban J connectivity index is 0.000000380. The number of anilines is 1. The van der Waals surface area contributed by atoms with Crippen molar-refractivity contribution in [2.75, 3.05) is 31.1 Å². The average molecular weight is 397 g/mol. The molecule has 1 saturated heterocycles. The van der Waals surface area contributed by atoms with Crippen LogP contribution < -0.4 is 4.72 Å². The lowest BCUT2D eigenvalue weighted by Crippen LogP contribution is -2.29. The maximum Gasteiger partial charge on any atom is 0.414 e. The van der Waals surface area contributed by atoms with Gasteiger partial charge in [-0.25, -0.2) is 18.0 Å². The Hall–Kier alpha value is -2.59. The fourth-order valence-electron chi connectivity index (χ4n) is 3.08. The van der Waals surface area contributed by atoms with Gasteiger partial charge in [0, 0.05) is 22.8 Å². The summed E-state index contributed by atoms with van der Waals surface area (Å²) >= 11 is 0. The second-order valence-electron chi connectivity index (χ2n) is 6.57. The van der Waals surface area contributed by atoms with Gasteiger partial charge in [-0.15, -0.1) is 0 Å². The molecule has 0 unspecified atom stereocenters. The second-order valence-corrected chi connectivity index (χ2v) is 8.31. The number of aromatic nitrogens is 1. The van der Waals surface area contributed by atoms with E-state index in [1.165, 1.54) is 11.8 Å². The van der Waals surface area contributed by atoms with Crippen LogP contribution in [0.2, 0.25) is 0 Å². The normalized spacial score (nSPS) is 15.8. The molecule has 1 aromatic carbocycles. The first-order chi connectivity index (χ1) is 12.6. The number of benzene rings is 1. The van der Waals surface area contributed by atoms with Crippen molar-refractivity contribution in [1.29, 1.82) is 0 Å². The number of carbonyl (C=O) groups is 2. The van der Waals surface area contributed by atoms with Crippen LogP contribution in [0.1, 0.15) is 24.3 Å². The highest BCUT2D eigenvalue weighted by Crippen LogP contribution is 2.34. The number of carboxylic acids is 2. The Morgan fingerprint density at radius 3 is 2.30 bits per heavy atom. The minimum atomic E-state index is -3.24. The van der Waals surface area contributed by atoms with E-state index >= 15 is 0 Å². The fraction of sp³-hybridized carbons (Fsp3) is 0.412. The van der Waals surface area contributed by atoms with Gasteiger partial charge in [0.1, 0.15) is 0 Å². The molecule has 0 aliphatic carbocycles. The first-order valence-corrected chi connectivity index (χ1v) is 10.2. The van der Waals surface area contributed by atoms with E-state index in [2.05, 4.69) is 27.9 Å². The predicted molar refractivity (Wildman–Crippen MR) is 102 cm³/mol. The Morgan fingerprint density at radius 1 is 1.19 bits per heavy atom. The smallest absolute Gasteiger partial charge is 0.414 e. The van der Waals surface area contributed by atoms with Crippen molar-refractivity contribution in [1.82, 2.24) is 9.88 Å². The molecule has 0 saturated carbocycles. The fourth-order valence-corrected chi connectivity index (χ4v) is 3.63. The number of fused-ring (bicyclic) bond motifs is 1. The van der Waals surface area contributed by atoms with Crippen LogP contribution in [0.15, 0.2) is 24.4 Å². The second kappa shape index (κ2) is 8.40. The van der Waals surface area contributed by atoms with Crippen LogP contribution in [0.25, 0.3) is 10.9 Å². The average Bonchev–Trinajstić information content (AvgIpc) is 2.98. The first-order valence-electron chi connectivity index (χ1n) is 8.30. The number of nitrogens with one attached hydrogen (secondary N) is 2. The van der Waals surface area contributed by atoms with Crippen molar-refractivity contribution >= 4 is 38.6 Å². The maximum atomic E-state index is 11.4. The summed E-state index contributed by atoms with van der Waals surface area (Å²) < 4.78 is 25.3. The van der Waals surface area contributed by atoms with Gasteiger partial charge in [-0.05, 0) is 62.7 Å².